The van der Waals surface area contributed by atoms with Crippen molar-refractivity contribution in [2.45, 2.75) is 65.1 Å². The molecule has 2 aliphatic rings. The fourth-order valence-corrected chi connectivity index (χ4v) is 7.34. The zero-order chi connectivity index (χ0) is 37.8. The van der Waals surface area contributed by atoms with Gasteiger partial charge in [-0.1, -0.05) is 12.8 Å². The summed E-state index contributed by atoms with van der Waals surface area (Å²) < 4.78 is 57.8. The van der Waals surface area contributed by atoms with Crippen molar-refractivity contribution in [3.05, 3.63) is 53.0 Å². The number of hydrogen-bond acceptors (Lipinski definition) is 11. The zero-order valence-electron chi connectivity index (χ0n) is 30.4. The Morgan fingerprint density at radius 1 is 1.06 bits per heavy atom. The van der Waals surface area contributed by atoms with Crippen LogP contribution in [0.1, 0.15) is 73.3 Å². The molecule has 0 spiro atoms. The number of amides is 1. The Morgan fingerprint density at radius 2 is 1.85 bits per heavy atom. The summed E-state index contributed by atoms with van der Waals surface area (Å²) in [5.74, 6) is -0.771. The van der Waals surface area contributed by atoms with Gasteiger partial charge in [0.2, 0.25) is 11.8 Å². The van der Waals surface area contributed by atoms with Gasteiger partial charge in [0.05, 0.1) is 37.6 Å². The molecule has 1 saturated carbocycles. The lowest BCUT2D eigenvalue weighted by molar-refractivity contribution is -0.143. The van der Waals surface area contributed by atoms with E-state index >= 15 is 0 Å². The van der Waals surface area contributed by atoms with Gasteiger partial charge >= 0.3 is 12.1 Å². The maximum atomic E-state index is 13.9. The molecule has 0 radical (unpaired) electrons. The van der Waals surface area contributed by atoms with E-state index in [1.807, 2.05) is 11.9 Å². The van der Waals surface area contributed by atoms with E-state index in [0.717, 1.165) is 49.4 Å². The minimum atomic E-state index is -4.71. The Labute approximate surface area is 305 Å². The van der Waals surface area contributed by atoms with Crippen LogP contribution in [0.5, 0.6) is 5.88 Å². The molecule has 16 heteroatoms. The first-order valence-corrected chi connectivity index (χ1v) is 17.9. The van der Waals surface area contributed by atoms with E-state index in [4.69, 9.17) is 14.2 Å². The molecule has 0 atom stereocenters. The topological polar surface area (TPSA) is 148 Å². The van der Waals surface area contributed by atoms with Crippen LogP contribution in [0.3, 0.4) is 0 Å². The third-order valence-electron chi connectivity index (χ3n) is 9.80. The number of carbonyl (C=O) groups excluding carboxylic acids is 2. The average Bonchev–Trinajstić information content (AvgIpc) is 3.76. The summed E-state index contributed by atoms with van der Waals surface area (Å²) in [6, 6.07) is 5.85. The third-order valence-corrected chi connectivity index (χ3v) is 9.80. The van der Waals surface area contributed by atoms with E-state index in [0.29, 0.717) is 56.9 Å². The number of rotatable bonds is 14. The van der Waals surface area contributed by atoms with Gasteiger partial charge in [0.15, 0.2) is 5.65 Å². The first-order valence-electron chi connectivity index (χ1n) is 17.9. The molecule has 4 aromatic rings. The number of nitrogens with zero attached hydrogens (tertiary/aromatic N) is 6. The molecule has 0 unspecified atom stereocenters. The molecule has 1 aliphatic heterocycles. The highest BCUT2D eigenvalue weighted by atomic mass is 19.4. The number of pyridine rings is 3. The van der Waals surface area contributed by atoms with E-state index in [1.54, 1.807) is 39.3 Å². The van der Waals surface area contributed by atoms with Crippen LogP contribution in [-0.2, 0) is 33.4 Å². The highest BCUT2D eigenvalue weighted by Crippen LogP contribution is 2.41. The number of ether oxygens (including phenoxy) is 3. The van der Waals surface area contributed by atoms with Gasteiger partial charge in [0, 0.05) is 63.6 Å². The van der Waals surface area contributed by atoms with Gasteiger partial charge in [0.1, 0.15) is 16.9 Å². The number of halogens is 3. The van der Waals surface area contributed by atoms with Crippen LogP contribution >= 0.6 is 0 Å². The second-order valence-corrected chi connectivity index (χ2v) is 13.7. The van der Waals surface area contributed by atoms with Gasteiger partial charge in [0.25, 0.3) is 5.91 Å². The Morgan fingerprint density at radius 3 is 2.57 bits per heavy atom. The number of aromatic nitrogens is 5. The summed E-state index contributed by atoms with van der Waals surface area (Å²) in [5, 5.41) is 2.80. The van der Waals surface area contributed by atoms with Crippen LogP contribution in [0.25, 0.3) is 22.4 Å². The number of hydrogen-bond donors (Lipinski definition) is 2. The Bertz CT molecular complexity index is 1950. The van der Waals surface area contributed by atoms with E-state index in [-0.39, 0.29) is 52.4 Å². The standard InChI is InChI=1S/C37H45F3N8O5/c1-5-52-30-17-24(16-29(43-30)37(38,39)40)26-18-28(47(3)21-36(22-51-4)11-7-8-12-36)32-33(42-26)45-35(44-32)46-34(50)27-15-23-9-13-48(20-25(23)19-41-27)14-10-31(49)53-6-2/h15-19H,5-14,20-22H2,1-4H3,(H2,42,44,45,46,50). The van der Waals surface area contributed by atoms with Crippen molar-refractivity contribution in [1.29, 1.82) is 0 Å². The van der Waals surface area contributed by atoms with Crippen molar-refractivity contribution >= 4 is 34.7 Å². The summed E-state index contributed by atoms with van der Waals surface area (Å²) in [7, 11) is 3.60. The number of aromatic amines is 1. The average molecular weight is 739 g/mol. The van der Waals surface area contributed by atoms with Gasteiger partial charge in [-0.2, -0.15) is 18.2 Å². The lowest BCUT2D eigenvalue weighted by Gasteiger charge is -2.34. The molecule has 5 heterocycles. The van der Waals surface area contributed by atoms with Crippen molar-refractivity contribution in [3.63, 3.8) is 0 Å². The Kier molecular flexibility index (Phi) is 11.5. The predicted octanol–water partition coefficient (Wildman–Crippen LogP) is 6.04. The summed E-state index contributed by atoms with van der Waals surface area (Å²) in [6.45, 7) is 7.03. The molecule has 2 N–H and O–H groups in total. The maximum Gasteiger partial charge on any atom is 0.433 e. The summed E-state index contributed by atoms with van der Waals surface area (Å²) in [5.41, 5.74) is 2.73. The Balaban J connectivity index is 1.30. The lowest BCUT2D eigenvalue weighted by atomic mass is 9.86. The van der Waals surface area contributed by atoms with Crippen LogP contribution in [0.15, 0.2) is 30.5 Å². The molecular formula is C37H45F3N8O5. The number of methoxy groups -OCH3 is 1. The minimum Gasteiger partial charge on any atom is -0.478 e. The van der Waals surface area contributed by atoms with Crippen LogP contribution in [0.2, 0.25) is 0 Å². The molecule has 0 bridgehead atoms. The van der Waals surface area contributed by atoms with Crippen molar-refractivity contribution in [3.8, 4) is 17.1 Å². The Hall–Kier alpha value is -4.83. The molecule has 13 nitrogen and oxygen atoms in total. The number of imidazole rings is 1. The van der Waals surface area contributed by atoms with Crippen LogP contribution in [-0.4, -0.2) is 95.3 Å². The summed E-state index contributed by atoms with van der Waals surface area (Å²) >= 11 is 0. The van der Waals surface area contributed by atoms with Crippen molar-refractivity contribution in [2.75, 3.05) is 63.8 Å². The highest BCUT2D eigenvalue weighted by molar-refractivity contribution is 6.03. The van der Waals surface area contributed by atoms with Gasteiger partial charge in [-0.3, -0.25) is 24.8 Å². The number of anilines is 2. The molecule has 53 heavy (non-hydrogen) atoms. The first-order chi connectivity index (χ1) is 25.4. The summed E-state index contributed by atoms with van der Waals surface area (Å²) in [4.78, 5) is 50.0. The van der Waals surface area contributed by atoms with Crippen molar-refractivity contribution in [1.82, 2.24) is 29.8 Å². The normalized spacial score (nSPS) is 15.7. The molecule has 284 valence electrons. The summed E-state index contributed by atoms with van der Waals surface area (Å²) in [6.07, 6.45) is 2.08. The number of nitrogens with one attached hydrogen (secondary N) is 2. The number of esters is 1. The molecule has 4 aromatic heterocycles. The SMILES string of the molecule is CCOC(=O)CCN1CCc2cc(C(=O)Nc3nc4nc(-c5cc(OCC)nc(C(F)(F)F)c5)cc(N(C)CC5(COC)CCCC5)c4[nH]3)ncc2C1. The molecule has 0 aromatic carbocycles. The van der Waals surface area contributed by atoms with E-state index < -0.39 is 17.8 Å². The van der Waals surface area contributed by atoms with Crippen molar-refractivity contribution in [2.24, 2.45) is 5.41 Å². The predicted molar refractivity (Wildman–Crippen MR) is 192 cm³/mol. The second-order valence-electron chi connectivity index (χ2n) is 13.7. The van der Waals surface area contributed by atoms with E-state index in [2.05, 4.69) is 35.1 Å². The van der Waals surface area contributed by atoms with E-state index in [1.165, 1.54) is 6.07 Å². The van der Waals surface area contributed by atoms with Crippen LogP contribution in [0, 0.1) is 5.41 Å². The third kappa shape index (κ3) is 8.87. The van der Waals surface area contributed by atoms with Gasteiger partial charge in [-0.05, 0) is 62.4 Å². The molecule has 1 amide bonds. The molecule has 1 aliphatic carbocycles. The minimum absolute atomic E-state index is 0.103. The first kappa shape index (κ1) is 37.9. The monoisotopic (exact) mass is 738 g/mol. The molecule has 1 fully saturated rings. The quantitative estimate of drug-likeness (QED) is 0.146. The van der Waals surface area contributed by atoms with Crippen molar-refractivity contribution < 1.29 is 37.0 Å². The van der Waals surface area contributed by atoms with Gasteiger partial charge in [-0.25, -0.2) is 9.97 Å². The van der Waals surface area contributed by atoms with E-state index in [9.17, 15) is 22.8 Å². The number of alkyl halides is 3. The number of carbonyl (C=O) groups is 2. The fraction of sp³-hybridized carbons (Fsp3) is 0.514. The van der Waals surface area contributed by atoms with Crippen LogP contribution < -0.4 is 15.0 Å². The maximum absolute atomic E-state index is 13.9. The van der Waals surface area contributed by atoms with Crippen LogP contribution in [0.4, 0.5) is 24.8 Å². The van der Waals surface area contributed by atoms with Gasteiger partial charge in [-0.15, -0.1) is 0 Å². The zero-order valence-corrected chi connectivity index (χ0v) is 30.4. The highest BCUT2D eigenvalue weighted by Gasteiger charge is 2.36. The molecule has 0 saturated heterocycles. The number of H-pyrrole nitrogens is 1. The second kappa shape index (κ2) is 16.0. The molecular weight excluding hydrogens is 693 g/mol. The van der Waals surface area contributed by atoms with Gasteiger partial charge < -0.3 is 24.1 Å². The fourth-order valence-electron chi connectivity index (χ4n) is 7.34. The lowest BCUT2D eigenvalue weighted by Crippen LogP contribution is -2.37. The smallest absolute Gasteiger partial charge is 0.433 e. The largest absolute Gasteiger partial charge is 0.478 e. The molecule has 6 rings (SSSR count). The number of fused-ring (bicyclic) bond motifs is 2.